The fourth-order valence-corrected chi connectivity index (χ4v) is 4.04. The van der Waals surface area contributed by atoms with Gasteiger partial charge in [-0.3, -0.25) is 0 Å². The molecule has 0 spiro atoms. The maximum Gasteiger partial charge on any atom is 0.142 e. The SMILES string of the molecule is CCCCCc1cc2c(cc1CCC)N(C1CCOCC1)CCO2. The average molecular weight is 332 g/mol. The highest BCUT2D eigenvalue weighted by Crippen LogP contribution is 2.38. The van der Waals surface area contributed by atoms with Crippen LogP contribution < -0.4 is 9.64 Å². The Hall–Kier alpha value is -1.22. The van der Waals surface area contributed by atoms with Crippen LogP contribution >= 0.6 is 0 Å². The van der Waals surface area contributed by atoms with E-state index < -0.39 is 0 Å². The van der Waals surface area contributed by atoms with E-state index in [2.05, 4.69) is 30.9 Å². The predicted octanol–water partition coefficient (Wildman–Crippen LogP) is 4.75. The van der Waals surface area contributed by atoms with Crippen molar-refractivity contribution in [3.05, 3.63) is 23.3 Å². The number of fused-ring (bicyclic) bond motifs is 1. The zero-order valence-corrected chi connectivity index (χ0v) is 15.5. The molecule has 1 fully saturated rings. The molecule has 0 amide bonds. The lowest BCUT2D eigenvalue weighted by Crippen LogP contribution is -2.44. The van der Waals surface area contributed by atoms with E-state index in [1.165, 1.54) is 55.3 Å². The fourth-order valence-electron chi connectivity index (χ4n) is 4.04. The molecule has 0 bridgehead atoms. The quantitative estimate of drug-likeness (QED) is 0.673. The van der Waals surface area contributed by atoms with Crippen LogP contribution in [0.2, 0.25) is 0 Å². The first-order valence-corrected chi connectivity index (χ1v) is 9.96. The molecule has 3 rings (SSSR count). The van der Waals surface area contributed by atoms with E-state index in [1.807, 2.05) is 0 Å². The van der Waals surface area contributed by atoms with E-state index in [0.717, 1.165) is 45.0 Å². The third-order valence-electron chi connectivity index (χ3n) is 5.38. The normalized spacial score (nSPS) is 18.3. The molecule has 3 nitrogen and oxygen atoms in total. The van der Waals surface area contributed by atoms with Gasteiger partial charge in [0, 0.05) is 19.3 Å². The van der Waals surface area contributed by atoms with Gasteiger partial charge in [0.25, 0.3) is 0 Å². The average Bonchev–Trinajstić information content (AvgIpc) is 2.63. The van der Waals surface area contributed by atoms with Crippen molar-refractivity contribution in [1.29, 1.82) is 0 Å². The number of aryl methyl sites for hydroxylation is 2. The van der Waals surface area contributed by atoms with Gasteiger partial charge >= 0.3 is 0 Å². The van der Waals surface area contributed by atoms with Crippen molar-refractivity contribution in [3.8, 4) is 5.75 Å². The van der Waals surface area contributed by atoms with Crippen molar-refractivity contribution in [3.63, 3.8) is 0 Å². The van der Waals surface area contributed by atoms with Crippen LogP contribution in [0.15, 0.2) is 12.1 Å². The summed E-state index contributed by atoms with van der Waals surface area (Å²) in [6.45, 7) is 8.17. The monoisotopic (exact) mass is 331 g/mol. The Balaban J connectivity index is 1.85. The molecule has 1 saturated heterocycles. The number of anilines is 1. The smallest absolute Gasteiger partial charge is 0.142 e. The van der Waals surface area contributed by atoms with Gasteiger partial charge in [-0.2, -0.15) is 0 Å². The summed E-state index contributed by atoms with van der Waals surface area (Å²) in [6, 6.07) is 5.40. The highest BCUT2D eigenvalue weighted by molar-refractivity contribution is 5.64. The molecule has 24 heavy (non-hydrogen) atoms. The van der Waals surface area contributed by atoms with Gasteiger partial charge in [-0.25, -0.2) is 0 Å². The Kier molecular flexibility index (Phi) is 6.42. The maximum atomic E-state index is 6.05. The Morgan fingerprint density at radius 2 is 1.75 bits per heavy atom. The van der Waals surface area contributed by atoms with Crippen LogP contribution in [0.3, 0.4) is 0 Å². The molecule has 2 aliphatic heterocycles. The van der Waals surface area contributed by atoms with Crippen LogP contribution in [-0.4, -0.2) is 32.4 Å². The summed E-state index contributed by atoms with van der Waals surface area (Å²) >= 11 is 0. The van der Waals surface area contributed by atoms with Crippen LogP contribution in [0.5, 0.6) is 5.75 Å². The molecule has 2 heterocycles. The molecule has 0 aliphatic carbocycles. The van der Waals surface area contributed by atoms with E-state index in [1.54, 1.807) is 0 Å². The second-order valence-corrected chi connectivity index (χ2v) is 7.18. The van der Waals surface area contributed by atoms with Crippen LogP contribution in [0.25, 0.3) is 0 Å². The zero-order valence-electron chi connectivity index (χ0n) is 15.5. The van der Waals surface area contributed by atoms with Crippen molar-refractivity contribution in [2.24, 2.45) is 0 Å². The summed E-state index contributed by atoms with van der Waals surface area (Å²) in [5, 5.41) is 0. The van der Waals surface area contributed by atoms with Gasteiger partial charge in [0.2, 0.25) is 0 Å². The van der Waals surface area contributed by atoms with Crippen molar-refractivity contribution < 1.29 is 9.47 Å². The van der Waals surface area contributed by atoms with Gasteiger partial charge in [0.05, 0.1) is 12.2 Å². The van der Waals surface area contributed by atoms with Gasteiger partial charge in [-0.1, -0.05) is 33.1 Å². The second kappa shape index (κ2) is 8.75. The standard InChI is InChI=1S/C21H33NO2/c1-3-5-6-8-18-16-21-20(15-17(18)7-4-2)22(11-14-24-21)19-9-12-23-13-10-19/h15-16,19H,3-14H2,1-2H3. The van der Waals surface area contributed by atoms with Crippen LogP contribution in [0.4, 0.5) is 5.69 Å². The fraction of sp³-hybridized carbons (Fsp3) is 0.714. The first kappa shape index (κ1) is 17.6. The highest BCUT2D eigenvalue weighted by atomic mass is 16.5. The molecule has 0 N–H and O–H groups in total. The van der Waals surface area contributed by atoms with E-state index in [4.69, 9.17) is 9.47 Å². The Bertz CT molecular complexity index is 523. The van der Waals surface area contributed by atoms with E-state index in [0.29, 0.717) is 6.04 Å². The summed E-state index contributed by atoms with van der Waals surface area (Å²) in [5.74, 6) is 1.11. The molecular weight excluding hydrogens is 298 g/mol. The topological polar surface area (TPSA) is 21.7 Å². The molecular formula is C21H33NO2. The van der Waals surface area contributed by atoms with Crippen molar-refractivity contribution in [1.82, 2.24) is 0 Å². The minimum Gasteiger partial charge on any atom is -0.490 e. The Morgan fingerprint density at radius 3 is 2.50 bits per heavy atom. The summed E-state index contributed by atoms with van der Waals surface area (Å²) in [6.07, 6.45) is 9.74. The largest absolute Gasteiger partial charge is 0.490 e. The molecule has 134 valence electrons. The van der Waals surface area contributed by atoms with E-state index in [9.17, 15) is 0 Å². The summed E-state index contributed by atoms with van der Waals surface area (Å²) < 4.78 is 11.6. The summed E-state index contributed by atoms with van der Waals surface area (Å²) in [4.78, 5) is 2.59. The minimum absolute atomic E-state index is 0.613. The van der Waals surface area contributed by atoms with Crippen LogP contribution in [0.1, 0.15) is 63.5 Å². The van der Waals surface area contributed by atoms with Gasteiger partial charge in [-0.15, -0.1) is 0 Å². The number of hydrogen-bond acceptors (Lipinski definition) is 3. The third kappa shape index (κ3) is 4.05. The van der Waals surface area contributed by atoms with Gasteiger partial charge in [0.15, 0.2) is 0 Å². The molecule has 0 saturated carbocycles. The lowest BCUT2D eigenvalue weighted by molar-refractivity contribution is 0.0827. The van der Waals surface area contributed by atoms with Crippen LogP contribution in [-0.2, 0) is 17.6 Å². The number of hydrogen-bond donors (Lipinski definition) is 0. The summed E-state index contributed by atoms with van der Waals surface area (Å²) in [7, 11) is 0. The van der Waals surface area contributed by atoms with Gasteiger partial charge in [-0.05, 0) is 55.4 Å². The molecule has 0 radical (unpaired) electrons. The molecule has 2 aliphatic rings. The van der Waals surface area contributed by atoms with Gasteiger partial charge in [0.1, 0.15) is 12.4 Å². The number of nitrogens with zero attached hydrogens (tertiary/aromatic N) is 1. The van der Waals surface area contributed by atoms with Gasteiger partial charge < -0.3 is 14.4 Å². The molecule has 1 aromatic rings. The lowest BCUT2D eigenvalue weighted by Gasteiger charge is -2.40. The predicted molar refractivity (Wildman–Crippen MR) is 100 cm³/mol. The molecule has 0 unspecified atom stereocenters. The number of ether oxygens (including phenoxy) is 2. The molecule has 3 heteroatoms. The third-order valence-corrected chi connectivity index (χ3v) is 5.38. The number of rotatable bonds is 7. The lowest BCUT2D eigenvalue weighted by atomic mass is 9.95. The van der Waals surface area contributed by atoms with E-state index >= 15 is 0 Å². The maximum absolute atomic E-state index is 6.05. The highest BCUT2D eigenvalue weighted by Gasteiger charge is 2.27. The minimum atomic E-state index is 0.613. The first-order chi connectivity index (χ1) is 11.8. The number of unbranched alkanes of at least 4 members (excludes halogenated alkanes) is 2. The van der Waals surface area contributed by atoms with Crippen molar-refractivity contribution in [2.75, 3.05) is 31.3 Å². The Morgan fingerprint density at radius 1 is 0.958 bits per heavy atom. The van der Waals surface area contributed by atoms with Crippen molar-refractivity contribution >= 4 is 5.69 Å². The Labute approximate surface area is 147 Å². The number of benzene rings is 1. The molecule has 1 aromatic carbocycles. The second-order valence-electron chi connectivity index (χ2n) is 7.18. The van der Waals surface area contributed by atoms with E-state index in [-0.39, 0.29) is 0 Å². The zero-order chi connectivity index (χ0) is 16.8. The molecule has 0 atom stereocenters. The first-order valence-electron chi connectivity index (χ1n) is 9.96. The van der Waals surface area contributed by atoms with Crippen LogP contribution in [0, 0.1) is 0 Å². The summed E-state index contributed by atoms with van der Waals surface area (Å²) in [5.41, 5.74) is 4.38. The van der Waals surface area contributed by atoms with Crippen molar-refractivity contribution in [2.45, 2.75) is 71.3 Å². The molecule has 0 aromatic heterocycles.